The molecule has 42 heavy (non-hydrogen) atoms. The first-order chi connectivity index (χ1) is 20.3. The van der Waals surface area contributed by atoms with Gasteiger partial charge in [-0.2, -0.15) is 18.3 Å². The molecule has 5 rings (SSSR count). The van der Waals surface area contributed by atoms with Crippen molar-refractivity contribution in [1.82, 2.24) is 19.7 Å². The molecule has 3 aromatic heterocycles. The maximum Gasteiger partial charge on any atom is 0.416 e. The predicted molar refractivity (Wildman–Crippen MR) is 159 cm³/mol. The minimum Gasteiger partial charge on any atom is -0.383 e. The molecule has 1 fully saturated rings. The monoisotopic (exact) mass is 577 g/mol. The van der Waals surface area contributed by atoms with Gasteiger partial charge in [0.15, 0.2) is 0 Å². The number of carbonyl (C=O) groups is 1. The normalized spacial score (nSPS) is 14.6. The molecule has 11 heteroatoms. The number of allylic oxidation sites excluding steroid dienone is 1. The number of nitrogens with one attached hydrogen (secondary N) is 1. The number of benzene rings is 1. The predicted octanol–water partition coefficient (Wildman–Crippen LogP) is 6.99. The number of aromatic nitrogens is 4. The molecule has 0 radical (unpaired) electrons. The van der Waals surface area contributed by atoms with Gasteiger partial charge in [-0.15, -0.1) is 0 Å². The summed E-state index contributed by atoms with van der Waals surface area (Å²) in [5, 5.41) is 8.27. The van der Waals surface area contributed by atoms with Crippen LogP contribution < -0.4 is 16.8 Å². The van der Waals surface area contributed by atoms with Crippen LogP contribution in [0.3, 0.4) is 0 Å². The fourth-order valence-corrected chi connectivity index (χ4v) is 5.39. The fourth-order valence-electron chi connectivity index (χ4n) is 5.39. The third-order valence-electron chi connectivity index (χ3n) is 7.58. The van der Waals surface area contributed by atoms with Crippen molar-refractivity contribution in [1.29, 1.82) is 0 Å². The average molecular weight is 578 g/mol. The largest absolute Gasteiger partial charge is 0.416 e. The molecule has 8 nitrogen and oxygen atoms in total. The zero-order chi connectivity index (χ0) is 29.7. The van der Waals surface area contributed by atoms with Gasteiger partial charge in [0.25, 0.3) is 5.91 Å². The van der Waals surface area contributed by atoms with E-state index < -0.39 is 17.6 Å². The third kappa shape index (κ3) is 6.46. The van der Waals surface area contributed by atoms with Crippen molar-refractivity contribution >= 4 is 34.5 Å². The number of unbranched alkanes of at least 4 members (excludes halogenated alkanes) is 2. The summed E-state index contributed by atoms with van der Waals surface area (Å²) in [5.41, 5.74) is 14.8. The molecule has 4 aromatic rings. The Kier molecular flexibility index (Phi) is 8.86. The number of alkyl halides is 3. The zero-order valence-electron chi connectivity index (χ0n) is 23.2. The van der Waals surface area contributed by atoms with E-state index in [4.69, 9.17) is 16.6 Å². The molecule has 1 aliphatic rings. The summed E-state index contributed by atoms with van der Waals surface area (Å²) in [5.74, 6) is -0.382. The Balaban J connectivity index is 1.47. The van der Waals surface area contributed by atoms with Crippen molar-refractivity contribution in [2.45, 2.75) is 63.6 Å². The first-order valence-corrected chi connectivity index (χ1v) is 14.2. The minimum absolute atomic E-state index is 0.182. The highest BCUT2D eigenvalue weighted by Crippen LogP contribution is 2.38. The average Bonchev–Trinajstić information content (AvgIpc) is 3.40. The van der Waals surface area contributed by atoms with Gasteiger partial charge in [-0.25, -0.2) is 9.97 Å². The first kappa shape index (κ1) is 29.2. The number of hydrogen-bond acceptors (Lipinski definition) is 6. The maximum atomic E-state index is 13.1. The lowest BCUT2D eigenvalue weighted by molar-refractivity contribution is -0.137. The van der Waals surface area contributed by atoms with Crippen LogP contribution in [0.5, 0.6) is 0 Å². The van der Waals surface area contributed by atoms with Crippen LogP contribution in [-0.4, -0.2) is 32.2 Å². The van der Waals surface area contributed by atoms with E-state index in [1.165, 1.54) is 6.42 Å². The van der Waals surface area contributed by atoms with Gasteiger partial charge in [-0.1, -0.05) is 43.5 Å². The summed E-state index contributed by atoms with van der Waals surface area (Å²) in [6.07, 6.45) is 10.9. The van der Waals surface area contributed by atoms with Gasteiger partial charge < -0.3 is 16.8 Å². The zero-order valence-corrected chi connectivity index (χ0v) is 23.2. The number of amides is 1. The summed E-state index contributed by atoms with van der Waals surface area (Å²) in [6, 6.07) is 8.63. The van der Waals surface area contributed by atoms with Crippen LogP contribution in [0.1, 0.15) is 78.9 Å². The van der Waals surface area contributed by atoms with E-state index >= 15 is 0 Å². The number of fused-ring (bicyclic) bond motifs is 1. The number of nitrogens with zero attached hydrogens (tertiary/aromatic N) is 4. The van der Waals surface area contributed by atoms with Crippen molar-refractivity contribution in [3.63, 3.8) is 0 Å². The van der Waals surface area contributed by atoms with Gasteiger partial charge >= 0.3 is 6.18 Å². The maximum absolute atomic E-state index is 13.1. The second-order valence-electron chi connectivity index (χ2n) is 10.6. The van der Waals surface area contributed by atoms with E-state index in [0.717, 1.165) is 85.3 Å². The van der Waals surface area contributed by atoms with Crippen LogP contribution in [-0.2, 0) is 6.18 Å². The van der Waals surface area contributed by atoms with Gasteiger partial charge in [0.2, 0.25) is 0 Å². The van der Waals surface area contributed by atoms with Gasteiger partial charge in [0.05, 0.1) is 22.5 Å². The minimum atomic E-state index is -4.54. The molecule has 0 bridgehead atoms. The standard InChI is InChI=1S/C31H34F3N7O/c32-31(33,34)23-15-17-37-25(18-23)39-30(42)21-13-11-20(12-14-21)27-26-28(41(40-27)24-9-5-3-6-10-24)22(19-38-29(26)36)8-4-1-2-7-16-35/h4,8,11-15,17-19,24H,1-3,5-7,9-10,16,35H2,(H2,36,38)(H,37,39,42)/b8-4+. The molecular weight excluding hydrogens is 543 g/mol. The van der Waals surface area contributed by atoms with E-state index in [1.807, 2.05) is 0 Å². The summed E-state index contributed by atoms with van der Waals surface area (Å²) in [4.78, 5) is 21.1. The highest BCUT2D eigenvalue weighted by atomic mass is 19.4. The Morgan fingerprint density at radius 1 is 1.07 bits per heavy atom. The molecule has 3 heterocycles. The molecule has 0 spiro atoms. The molecule has 5 N–H and O–H groups in total. The molecule has 0 unspecified atom stereocenters. The van der Waals surface area contributed by atoms with Gasteiger partial charge in [0.1, 0.15) is 17.3 Å². The van der Waals surface area contributed by atoms with E-state index in [-0.39, 0.29) is 17.4 Å². The fraction of sp³-hybridized carbons (Fsp3) is 0.355. The highest BCUT2D eigenvalue weighted by Gasteiger charge is 2.31. The van der Waals surface area contributed by atoms with Crippen molar-refractivity contribution in [2.75, 3.05) is 17.6 Å². The smallest absolute Gasteiger partial charge is 0.383 e. The number of nitrogen functional groups attached to an aromatic ring is 1. The lowest BCUT2D eigenvalue weighted by Crippen LogP contribution is -2.14. The topological polar surface area (TPSA) is 125 Å². The van der Waals surface area contributed by atoms with Crippen LogP contribution in [0.4, 0.5) is 24.8 Å². The number of pyridine rings is 2. The molecule has 0 saturated heterocycles. The van der Waals surface area contributed by atoms with Gasteiger partial charge in [-0.05, 0) is 62.9 Å². The molecule has 1 aliphatic carbocycles. The van der Waals surface area contributed by atoms with Crippen molar-refractivity contribution < 1.29 is 18.0 Å². The summed E-state index contributed by atoms with van der Waals surface area (Å²) in [7, 11) is 0. The molecule has 1 amide bonds. The van der Waals surface area contributed by atoms with Crippen LogP contribution in [0.25, 0.3) is 28.2 Å². The number of hydrogen-bond donors (Lipinski definition) is 3. The number of carbonyl (C=O) groups excluding carboxylic acids is 1. The van der Waals surface area contributed by atoms with Crippen LogP contribution in [0.15, 0.2) is 54.9 Å². The van der Waals surface area contributed by atoms with Gasteiger partial charge in [0, 0.05) is 29.1 Å². The van der Waals surface area contributed by atoms with Crippen LogP contribution in [0.2, 0.25) is 0 Å². The van der Waals surface area contributed by atoms with Gasteiger partial charge in [-0.3, -0.25) is 9.48 Å². The van der Waals surface area contributed by atoms with Crippen molar-refractivity contribution in [3.8, 4) is 11.3 Å². The number of anilines is 2. The van der Waals surface area contributed by atoms with Crippen molar-refractivity contribution in [2.24, 2.45) is 5.73 Å². The van der Waals surface area contributed by atoms with Crippen LogP contribution >= 0.6 is 0 Å². The SMILES string of the molecule is NCCCC/C=C/c1cnc(N)c2c(-c3ccc(C(=O)Nc4cc(C(F)(F)F)ccn4)cc3)nn(C3CCCCC3)c12. The quantitative estimate of drug-likeness (QED) is 0.184. The summed E-state index contributed by atoms with van der Waals surface area (Å²) >= 11 is 0. The van der Waals surface area contributed by atoms with E-state index in [9.17, 15) is 18.0 Å². The second-order valence-corrected chi connectivity index (χ2v) is 10.6. The van der Waals surface area contributed by atoms with Crippen LogP contribution in [0, 0.1) is 0 Å². The summed E-state index contributed by atoms with van der Waals surface area (Å²) in [6.45, 7) is 0.669. The lowest BCUT2D eigenvalue weighted by atomic mass is 9.95. The number of nitrogens with two attached hydrogens (primary N) is 2. The number of rotatable bonds is 9. The number of halogens is 3. The molecule has 0 atom stereocenters. The Morgan fingerprint density at radius 3 is 2.55 bits per heavy atom. The highest BCUT2D eigenvalue weighted by molar-refractivity contribution is 6.06. The summed E-state index contributed by atoms with van der Waals surface area (Å²) < 4.78 is 41.3. The Morgan fingerprint density at radius 2 is 1.83 bits per heavy atom. The third-order valence-corrected chi connectivity index (χ3v) is 7.58. The Labute approximate surface area is 242 Å². The Bertz CT molecular complexity index is 1570. The lowest BCUT2D eigenvalue weighted by Gasteiger charge is -2.23. The molecule has 1 saturated carbocycles. The Hall–Kier alpha value is -4.25. The second kappa shape index (κ2) is 12.7. The van der Waals surface area contributed by atoms with E-state index in [0.29, 0.717) is 18.1 Å². The van der Waals surface area contributed by atoms with Crippen molar-refractivity contribution in [3.05, 3.63) is 71.6 Å². The van der Waals surface area contributed by atoms with E-state index in [2.05, 4.69) is 32.1 Å². The molecule has 0 aliphatic heterocycles. The molecular formula is C31H34F3N7O. The molecule has 220 valence electrons. The first-order valence-electron chi connectivity index (χ1n) is 14.2. The molecule has 1 aromatic carbocycles. The van der Waals surface area contributed by atoms with E-state index in [1.54, 1.807) is 30.5 Å².